The number of carbonyl (C=O) groups is 5. The highest BCUT2D eigenvalue weighted by Crippen LogP contribution is 2.45. The van der Waals surface area contributed by atoms with E-state index in [1.807, 2.05) is 48.5 Å². The van der Waals surface area contributed by atoms with Gasteiger partial charge >= 0.3 is 6.09 Å². The second-order valence-electron chi connectivity index (χ2n) is 17.6. The molecule has 1 aliphatic heterocycles. The van der Waals surface area contributed by atoms with E-state index >= 15 is 0 Å². The van der Waals surface area contributed by atoms with E-state index < -0.39 is 41.5 Å². The fraction of sp³-hybridized carbons (Fsp3) is 0.540. The summed E-state index contributed by atoms with van der Waals surface area (Å²) in [5.41, 5.74) is 7.50. The van der Waals surface area contributed by atoms with Crippen LogP contribution in [-0.4, -0.2) is 133 Å². The highest BCUT2D eigenvalue weighted by molar-refractivity contribution is 6.19. The number of carbonyl (C=O) groups excluding carboxylic acids is 5. The predicted octanol–water partition coefficient (Wildman–Crippen LogP) is 5.91. The van der Waals surface area contributed by atoms with E-state index in [4.69, 9.17) is 45.8 Å². The first-order valence-electron chi connectivity index (χ1n) is 23.3. The zero-order valence-electron chi connectivity index (χ0n) is 40.4. The number of anilines is 2. The zero-order chi connectivity index (χ0) is 49.5. The van der Waals surface area contributed by atoms with Gasteiger partial charge in [0, 0.05) is 49.3 Å². The van der Waals surface area contributed by atoms with Crippen molar-refractivity contribution in [1.82, 2.24) is 16.0 Å². The van der Waals surface area contributed by atoms with Gasteiger partial charge in [0.25, 0.3) is 5.91 Å². The minimum Gasteiger partial charge on any atom is -0.497 e. The summed E-state index contributed by atoms with van der Waals surface area (Å²) in [5.74, 6) is -1.21. The lowest BCUT2D eigenvalue weighted by atomic mass is 9.94. The molecule has 0 bridgehead atoms. The van der Waals surface area contributed by atoms with Crippen LogP contribution in [0.2, 0.25) is 0 Å². The van der Waals surface area contributed by atoms with Gasteiger partial charge in [-0.1, -0.05) is 50.2 Å². The molecule has 68 heavy (non-hydrogen) atoms. The van der Waals surface area contributed by atoms with E-state index in [2.05, 4.69) is 21.3 Å². The maximum Gasteiger partial charge on any atom is 0.407 e. The van der Waals surface area contributed by atoms with Gasteiger partial charge in [-0.15, -0.1) is 11.6 Å². The summed E-state index contributed by atoms with van der Waals surface area (Å²) < 4.78 is 32.4. The average molecular weight is 968 g/mol. The maximum atomic E-state index is 14.5. The Kier molecular flexibility index (Phi) is 23.5. The molecule has 5 amide bonds. The van der Waals surface area contributed by atoms with Crippen molar-refractivity contribution in [3.63, 3.8) is 0 Å². The molecule has 3 atom stereocenters. The number of alkyl halides is 1. The molecule has 4 rings (SSSR count). The zero-order valence-corrected chi connectivity index (χ0v) is 41.1. The molecule has 0 aromatic heterocycles. The summed E-state index contributed by atoms with van der Waals surface area (Å²) in [6.07, 6.45) is 3.82. The van der Waals surface area contributed by atoms with Crippen molar-refractivity contribution in [2.45, 2.75) is 83.9 Å². The van der Waals surface area contributed by atoms with Crippen molar-refractivity contribution in [3.05, 3.63) is 71.8 Å². The van der Waals surface area contributed by atoms with E-state index in [0.717, 1.165) is 21.9 Å². The maximum absolute atomic E-state index is 14.5. The number of fused-ring (bicyclic) bond motifs is 3. The summed E-state index contributed by atoms with van der Waals surface area (Å²) >= 11 is 6.54. The van der Waals surface area contributed by atoms with Crippen LogP contribution in [0.4, 0.5) is 16.2 Å². The van der Waals surface area contributed by atoms with E-state index in [-0.39, 0.29) is 56.2 Å². The first-order chi connectivity index (χ1) is 32.6. The molecule has 1 unspecified atom stereocenters. The van der Waals surface area contributed by atoms with E-state index in [1.54, 1.807) is 58.8 Å². The van der Waals surface area contributed by atoms with Crippen molar-refractivity contribution in [1.29, 1.82) is 0 Å². The van der Waals surface area contributed by atoms with E-state index in [1.165, 1.54) is 6.08 Å². The smallest absolute Gasteiger partial charge is 0.407 e. The van der Waals surface area contributed by atoms with Gasteiger partial charge in [-0.25, -0.2) is 4.79 Å². The highest BCUT2D eigenvalue weighted by atomic mass is 35.5. The molecule has 0 saturated carbocycles. The first-order valence-corrected chi connectivity index (χ1v) is 23.8. The monoisotopic (exact) mass is 966 g/mol. The van der Waals surface area contributed by atoms with Gasteiger partial charge < -0.3 is 60.3 Å². The normalized spacial score (nSPS) is 14.4. The first kappa shape index (κ1) is 55.3. The topological polar surface area (TPSA) is 218 Å². The van der Waals surface area contributed by atoms with Crippen LogP contribution in [0.15, 0.2) is 60.7 Å². The fourth-order valence-corrected chi connectivity index (χ4v) is 7.63. The Bertz CT molecular complexity index is 2110. The van der Waals surface area contributed by atoms with Gasteiger partial charge in [0.05, 0.1) is 71.3 Å². The number of hydrogen-bond donors (Lipinski definition) is 5. The van der Waals surface area contributed by atoms with Gasteiger partial charge in [0.1, 0.15) is 23.4 Å². The minimum atomic E-state index is -1.05. The van der Waals surface area contributed by atoms with Crippen molar-refractivity contribution < 1.29 is 52.4 Å². The van der Waals surface area contributed by atoms with Crippen LogP contribution in [0.3, 0.4) is 0 Å². The number of nitrogens with two attached hydrogens (primary N) is 1. The molecule has 0 fully saturated rings. The van der Waals surface area contributed by atoms with Crippen molar-refractivity contribution >= 4 is 69.5 Å². The van der Waals surface area contributed by atoms with Crippen LogP contribution in [0, 0.1) is 5.92 Å². The number of amides is 5. The number of alkyl carbamates (subject to hydrolysis) is 1. The van der Waals surface area contributed by atoms with Crippen LogP contribution < -0.4 is 36.6 Å². The summed E-state index contributed by atoms with van der Waals surface area (Å²) in [6, 6.07) is 14.7. The SMILES string of the molecule is COc1ccc(/C=C/C(=O)N2CC(CCl)c3c2cc(NC(=O)[C@H](CCCCNC(=O)OC(C)(C)C)NC(=O)[C@@H](NC(=O)CCOCCOCCOCCOCCN)C(C)C)c2ccccc32)cc1. The lowest BCUT2D eigenvalue weighted by Gasteiger charge is -2.26. The standard InChI is InChI=1S/C50H71ClN6O11/c1-34(2)46(56-43(58)20-23-64-25-27-66-29-30-67-28-26-65-24-21-52)48(61)54-40(13-9-10-22-53-49(62)68-50(3,4)5)47(60)55-41-31-42-45(39-12-8-7-11-38(39)41)36(32-51)33-57(42)44(59)19-16-35-14-17-37(63-6)18-15-35/h7-8,11-12,14-19,31,34,36,40,46H,9-10,13,20-30,32-33,52H2,1-6H3,(H,53,62)(H,54,61)(H,55,60)(H,56,58)/b19-16+/t36?,40-,46-/m0/s1. The molecule has 0 spiro atoms. The molecule has 0 radical (unpaired) electrons. The van der Waals surface area contributed by atoms with Crippen LogP contribution >= 0.6 is 11.6 Å². The number of rotatable bonds is 29. The van der Waals surface area contributed by atoms with Gasteiger partial charge in [0.15, 0.2) is 0 Å². The summed E-state index contributed by atoms with van der Waals surface area (Å²) in [4.78, 5) is 69.4. The number of halogens is 1. The Balaban J connectivity index is 1.46. The number of benzene rings is 3. The predicted molar refractivity (Wildman–Crippen MR) is 264 cm³/mol. The number of nitrogens with one attached hydrogen (secondary N) is 4. The molecule has 0 saturated heterocycles. The van der Waals surface area contributed by atoms with Crippen LogP contribution in [0.1, 0.15) is 77.3 Å². The highest BCUT2D eigenvalue weighted by Gasteiger charge is 2.35. The Hall–Kier alpha value is -5.30. The average Bonchev–Trinajstić information content (AvgIpc) is 3.69. The number of ether oxygens (including phenoxy) is 6. The largest absolute Gasteiger partial charge is 0.497 e. The second-order valence-corrected chi connectivity index (χ2v) is 17.9. The third-order valence-electron chi connectivity index (χ3n) is 10.7. The summed E-state index contributed by atoms with van der Waals surface area (Å²) in [7, 11) is 1.59. The Morgan fingerprint density at radius 3 is 2.07 bits per heavy atom. The summed E-state index contributed by atoms with van der Waals surface area (Å²) in [5, 5.41) is 13.1. The van der Waals surface area contributed by atoms with Gasteiger partial charge in [-0.3, -0.25) is 19.2 Å². The number of hydrogen-bond acceptors (Lipinski definition) is 12. The molecule has 3 aromatic rings. The number of nitrogens with zero attached hydrogens (tertiary/aromatic N) is 1. The number of methoxy groups -OCH3 is 1. The Morgan fingerprint density at radius 1 is 0.838 bits per heavy atom. The molecule has 1 heterocycles. The Morgan fingerprint density at radius 2 is 1.47 bits per heavy atom. The third kappa shape index (κ3) is 18.3. The van der Waals surface area contributed by atoms with Crippen LogP contribution in [-0.2, 0) is 42.9 Å². The van der Waals surface area contributed by atoms with Crippen molar-refractivity contribution in [2.24, 2.45) is 11.7 Å². The lowest BCUT2D eigenvalue weighted by molar-refractivity contribution is -0.132. The molecule has 6 N–H and O–H groups in total. The molecule has 17 nitrogen and oxygen atoms in total. The van der Waals surface area contributed by atoms with Crippen molar-refractivity contribution in [2.75, 3.05) is 95.7 Å². The second kappa shape index (κ2) is 28.9. The quantitative estimate of drug-likeness (QED) is 0.0312. The Labute approximate surface area is 405 Å². The van der Waals surface area contributed by atoms with Gasteiger partial charge in [-0.05, 0) is 86.7 Å². The van der Waals surface area contributed by atoms with Crippen LogP contribution in [0.25, 0.3) is 16.8 Å². The van der Waals surface area contributed by atoms with Gasteiger partial charge in [0.2, 0.25) is 17.7 Å². The molecule has 0 aliphatic carbocycles. The minimum absolute atomic E-state index is 0.00372. The third-order valence-corrected chi connectivity index (χ3v) is 11.1. The molecule has 18 heteroatoms. The number of unbranched alkanes of at least 4 members (excludes halogenated alkanes) is 1. The molecular formula is C50H71ClN6O11. The molecule has 3 aromatic carbocycles. The van der Waals surface area contributed by atoms with E-state index in [9.17, 15) is 24.0 Å². The molecule has 1 aliphatic rings. The van der Waals surface area contributed by atoms with Crippen molar-refractivity contribution in [3.8, 4) is 5.75 Å². The molecule has 374 valence electrons. The fourth-order valence-electron chi connectivity index (χ4n) is 7.37. The van der Waals surface area contributed by atoms with Crippen LogP contribution in [0.5, 0.6) is 5.75 Å². The van der Waals surface area contributed by atoms with E-state index in [0.29, 0.717) is 82.7 Å². The lowest BCUT2D eigenvalue weighted by Crippen LogP contribution is -2.54. The molecular weight excluding hydrogens is 896 g/mol. The summed E-state index contributed by atoms with van der Waals surface area (Å²) in [6.45, 7) is 12.9. The van der Waals surface area contributed by atoms with Gasteiger partial charge in [-0.2, -0.15) is 0 Å².